The highest BCUT2D eigenvalue weighted by Crippen LogP contribution is 2.03. The minimum Gasteiger partial charge on any atom is -0.484 e. The van der Waals surface area contributed by atoms with Crippen molar-refractivity contribution >= 4 is 0 Å². The van der Waals surface area contributed by atoms with Crippen LogP contribution in [0.4, 0.5) is 0 Å². The summed E-state index contributed by atoms with van der Waals surface area (Å²) in [6.07, 6.45) is 1.33. The first-order valence-electron chi connectivity index (χ1n) is 3.44. The molecule has 0 atom stereocenters. The molecule has 1 aromatic rings. The number of hydrogen-bond acceptors (Lipinski definition) is 3. The van der Waals surface area contributed by atoms with E-state index in [2.05, 4.69) is 4.42 Å². The molecule has 0 fully saturated rings. The Balaban J connectivity index is 2.87. The fraction of sp³-hybridized carbons (Fsp3) is 0.375. The molecule has 0 aliphatic carbocycles. The molecule has 0 unspecified atom stereocenters. The van der Waals surface area contributed by atoms with E-state index in [-0.39, 0.29) is 11.9 Å². The molecule has 0 aliphatic rings. The third-order valence-electron chi connectivity index (χ3n) is 1.07. The van der Waals surface area contributed by atoms with Crippen LogP contribution in [-0.2, 0) is 0 Å². The van der Waals surface area contributed by atoms with Gasteiger partial charge in [-0.15, -0.1) is 0 Å². The van der Waals surface area contributed by atoms with Crippen LogP contribution in [0.15, 0.2) is 27.6 Å². The van der Waals surface area contributed by atoms with Crippen LogP contribution in [0.1, 0.15) is 13.8 Å². The van der Waals surface area contributed by atoms with E-state index in [9.17, 15) is 4.79 Å². The molecular formula is C8H10O3. The molecule has 60 valence electrons. The second kappa shape index (κ2) is 3.23. The molecule has 0 amide bonds. The number of hydrogen-bond donors (Lipinski definition) is 0. The molecule has 0 saturated carbocycles. The van der Waals surface area contributed by atoms with Crippen LogP contribution in [0.25, 0.3) is 0 Å². The zero-order valence-corrected chi connectivity index (χ0v) is 6.53. The first kappa shape index (κ1) is 7.85. The van der Waals surface area contributed by atoms with Crippen molar-refractivity contribution in [2.24, 2.45) is 0 Å². The average molecular weight is 154 g/mol. The second-order valence-electron chi connectivity index (χ2n) is 2.43. The summed E-state index contributed by atoms with van der Waals surface area (Å²) in [5.74, 6) is 0.266. The first-order valence-corrected chi connectivity index (χ1v) is 3.44. The van der Waals surface area contributed by atoms with E-state index in [0.717, 1.165) is 0 Å². The maximum atomic E-state index is 10.9. The summed E-state index contributed by atoms with van der Waals surface area (Å²) < 4.78 is 9.72. The summed E-state index contributed by atoms with van der Waals surface area (Å²) in [6.45, 7) is 3.71. The monoisotopic (exact) mass is 154 g/mol. The van der Waals surface area contributed by atoms with Gasteiger partial charge >= 0.3 is 5.63 Å². The van der Waals surface area contributed by atoms with Crippen LogP contribution >= 0.6 is 0 Å². The van der Waals surface area contributed by atoms with E-state index in [1.165, 1.54) is 6.26 Å². The van der Waals surface area contributed by atoms with Gasteiger partial charge in [-0.2, -0.15) is 0 Å². The van der Waals surface area contributed by atoms with Gasteiger partial charge in [-0.3, -0.25) is 0 Å². The Kier molecular flexibility index (Phi) is 2.31. The Morgan fingerprint density at radius 2 is 2.27 bits per heavy atom. The third kappa shape index (κ3) is 2.11. The average Bonchev–Trinajstić information content (AvgIpc) is 1.93. The Bertz CT molecular complexity index is 275. The van der Waals surface area contributed by atoms with E-state index < -0.39 is 5.63 Å². The highest BCUT2D eigenvalue weighted by Gasteiger charge is 2.01. The van der Waals surface area contributed by atoms with Gasteiger partial charge < -0.3 is 9.15 Å². The normalized spacial score (nSPS) is 10.1. The van der Waals surface area contributed by atoms with Gasteiger partial charge in [0.25, 0.3) is 0 Å². The molecule has 0 N–H and O–H groups in total. The predicted octanol–water partition coefficient (Wildman–Crippen LogP) is 1.43. The lowest BCUT2D eigenvalue weighted by Crippen LogP contribution is -2.12. The van der Waals surface area contributed by atoms with Gasteiger partial charge in [0.2, 0.25) is 5.75 Å². The zero-order valence-electron chi connectivity index (χ0n) is 6.53. The van der Waals surface area contributed by atoms with Crippen molar-refractivity contribution in [3.8, 4) is 5.75 Å². The summed E-state index contributed by atoms with van der Waals surface area (Å²) >= 11 is 0. The summed E-state index contributed by atoms with van der Waals surface area (Å²) in [5.41, 5.74) is -0.429. The first-order chi connectivity index (χ1) is 5.20. The molecule has 0 bridgehead atoms. The molecule has 1 heterocycles. The van der Waals surface area contributed by atoms with Gasteiger partial charge in [0.05, 0.1) is 12.4 Å². The second-order valence-corrected chi connectivity index (χ2v) is 2.43. The molecular weight excluding hydrogens is 144 g/mol. The van der Waals surface area contributed by atoms with Crippen molar-refractivity contribution in [1.29, 1.82) is 0 Å². The Labute approximate surface area is 64.6 Å². The van der Waals surface area contributed by atoms with Crippen molar-refractivity contribution in [3.05, 3.63) is 28.8 Å². The minimum atomic E-state index is -0.429. The van der Waals surface area contributed by atoms with Crippen LogP contribution in [0.5, 0.6) is 5.75 Å². The van der Waals surface area contributed by atoms with Gasteiger partial charge in [0, 0.05) is 0 Å². The molecule has 1 rings (SSSR count). The highest BCUT2D eigenvalue weighted by molar-refractivity contribution is 5.13. The Hall–Kier alpha value is -1.25. The quantitative estimate of drug-likeness (QED) is 0.646. The Morgan fingerprint density at radius 3 is 2.82 bits per heavy atom. The summed E-state index contributed by atoms with van der Waals surface area (Å²) in [6, 6.07) is 3.21. The molecule has 0 radical (unpaired) electrons. The SMILES string of the molecule is CC(C)Oc1cccoc1=O. The molecule has 1 aromatic heterocycles. The number of ether oxygens (including phenoxy) is 1. The molecule has 0 spiro atoms. The van der Waals surface area contributed by atoms with E-state index in [0.29, 0.717) is 0 Å². The maximum absolute atomic E-state index is 10.9. The fourth-order valence-electron chi connectivity index (χ4n) is 0.695. The summed E-state index contributed by atoms with van der Waals surface area (Å²) in [4.78, 5) is 10.9. The lowest BCUT2D eigenvalue weighted by molar-refractivity contribution is 0.230. The third-order valence-corrected chi connectivity index (χ3v) is 1.07. The van der Waals surface area contributed by atoms with Gasteiger partial charge in [0.1, 0.15) is 0 Å². The zero-order chi connectivity index (χ0) is 8.27. The standard InChI is InChI=1S/C8H10O3/c1-6(2)11-7-4-3-5-10-8(7)9/h3-6H,1-2H3. The number of rotatable bonds is 2. The molecule has 3 nitrogen and oxygen atoms in total. The van der Waals surface area contributed by atoms with Crippen LogP contribution in [-0.4, -0.2) is 6.10 Å². The van der Waals surface area contributed by atoms with Crippen molar-refractivity contribution in [3.63, 3.8) is 0 Å². The lowest BCUT2D eigenvalue weighted by Gasteiger charge is -2.06. The predicted molar refractivity (Wildman–Crippen MR) is 40.7 cm³/mol. The smallest absolute Gasteiger partial charge is 0.378 e. The molecule has 3 heteroatoms. The van der Waals surface area contributed by atoms with E-state index in [1.54, 1.807) is 12.1 Å². The molecule has 0 aliphatic heterocycles. The van der Waals surface area contributed by atoms with Crippen molar-refractivity contribution < 1.29 is 9.15 Å². The Morgan fingerprint density at radius 1 is 1.55 bits per heavy atom. The van der Waals surface area contributed by atoms with Gasteiger partial charge in [0.15, 0.2) is 0 Å². The summed E-state index contributed by atoms with van der Waals surface area (Å²) in [7, 11) is 0. The van der Waals surface area contributed by atoms with Crippen molar-refractivity contribution in [2.75, 3.05) is 0 Å². The van der Waals surface area contributed by atoms with Crippen molar-refractivity contribution in [2.45, 2.75) is 20.0 Å². The minimum absolute atomic E-state index is 0.000278. The molecule has 11 heavy (non-hydrogen) atoms. The van der Waals surface area contributed by atoms with Crippen molar-refractivity contribution in [1.82, 2.24) is 0 Å². The van der Waals surface area contributed by atoms with E-state index in [4.69, 9.17) is 4.74 Å². The van der Waals surface area contributed by atoms with Crippen LogP contribution in [0.3, 0.4) is 0 Å². The van der Waals surface area contributed by atoms with Crippen LogP contribution in [0.2, 0.25) is 0 Å². The maximum Gasteiger partial charge on any atom is 0.378 e. The van der Waals surface area contributed by atoms with Crippen LogP contribution in [0, 0.1) is 0 Å². The highest BCUT2D eigenvalue weighted by atomic mass is 16.5. The fourth-order valence-corrected chi connectivity index (χ4v) is 0.695. The van der Waals surface area contributed by atoms with E-state index >= 15 is 0 Å². The van der Waals surface area contributed by atoms with Gasteiger partial charge in [-0.05, 0) is 26.0 Å². The van der Waals surface area contributed by atoms with Crippen LogP contribution < -0.4 is 10.4 Å². The lowest BCUT2D eigenvalue weighted by atomic mass is 10.4. The van der Waals surface area contributed by atoms with E-state index in [1.807, 2.05) is 13.8 Å². The summed E-state index contributed by atoms with van der Waals surface area (Å²) in [5, 5.41) is 0. The van der Waals surface area contributed by atoms with Gasteiger partial charge in [-0.1, -0.05) is 0 Å². The topological polar surface area (TPSA) is 39.4 Å². The molecule has 0 aromatic carbocycles. The molecule has 0 saturated heterocycles. The largest absolute Gasteiger partial charge is 0.484 e. The van der Waals surface area contributed by atoms with Gasteiger partial charge in [-0.25, -0.2) is 4.79 Å².